The number of sulfonamides is 1. The fraction of sp³-hybridized carbons (Fsp3) is 0.0526. The second-order valence-electron chi connectivity index (χ2n) is 6.34. The smallest absolute Gasteiger partial charge is 0.299 e. The van der Waals surface area contributed by atoms with Crippen LogP contribution in [0.5, 0.6) is 0 Å². The Morgan fingerprint density at radius 3 is 1.97 bits per heavy atom. The highest BCUT2D eigenvalue weighted by Gasteiger charge is 2.19. The van der Waals surface area contributed by atoms with Crippen molar-refractivity contribution in [2.75, 3.05) is 10.0 Å². The second-order valence-corrected chi connectivity index (χ2v) is 8.02. The molecule has 30 heavy (non-hydrogen) atoms. The number of hydrogen-bond donors (Lipinski definition) is 2. The summed E-state index contributed by atoms with van der Waals surface area (Å²) in [7, 11) is -3.76. The molecule has 0 saturated carbocycles. The normalized spacial score (nSPS) is 11.0. The lowest BCUT2D eigenvalue weighted by Gasteiger charge is -2.10. The molecule has 0 aliphatic heterocycles. The molecule has 11 heteroatoms. The van der Waals surface area contributed by atoms with Crippen LogP contribution in [0.2, 0.25) is 0 Å². The van der Waals surface area contributed by atoms with Gasteiger partial charge < -0.3 is 5.32 Å². The summed E-state index contributed by atoms with van der Waals surface area (Å²) in [6, 6.07) is 15.7. The number of benzene rings is 3. The molecule has 0 unspecified atom stereocenters. The zero-order chi connectivity index (χ0) is 21.9. The quantitative estimate of drug-likeness (QED) is 0.420. The van der Waals surface area contributed by atoms with Crippen molar-refractivity contribution in [3.63, 3.8) is 0 Å². The van der Waals surface area contributed by atoms with E-state index in [1.54, 1.807) is 12.1 Å². The Morgan fingerprint density at radius 1 is 0.800 bits per heavy atom. The van der Waals surface area contributed by atoms with E-state index in [4.69, 9.17) is 0 Å². The molecule has 0 atom stereocenters. The molecule has 0 aliphatic rings. The summed E-state index contributed by atoms with van der Waals surface area (Å²) in [5.74, 6) is 0. The molecule has 0 spiro atoms. The molecule has 0 amide bonds. The van der Waals surface area contributed by atoms with Crippen molar-refractivity contribution < 1.29 is 18.3 Å². The van der Waals surface area contributed by atoms with Gasteiger partial charge in [-0.15, -0.1) is 0 Å². The zero-order valence-corrected chi connectivity index (χ0v) is 16.4. The Kier molecular flexibility index (Phi) is 5.65. The summed E-state index contributed by atoms with van der Waals surface area (Å²) in [5.41, 5.74) is 0.898. The van der Waals surface area contributed by atoms with E-state index in [2.05, 4.69) is 10.0 Å². The molecule has 154 valence electrons. The maximum absolute atomic E-state index is 12.4. The van der Waals surface area contributed by atoms with Gasteiger partial charge in [-0.2, -0.15) is 0 Å². The first-order chi connectivity index (χ1) is 14.2. The molecule has 0 fully saturated rings. The molecule has 0 bridgehead atoms. The van der Waals surface area contributed by atoms with Crippen molar-refractivity contribution in [3.05, 3.63) is 92.5 Å². The van der Waals surface area contributed by atoms with Crippen LogP contribution in [0.15, 0.2) is 71.6 Å². The molecule has 0 aliphatic carbocycles. The van der Waals surface area contributed by atoms with E-state index in [1.165, 1.54) is 42.5 Å². The maximum Gasteiger partial charge on any atom is 0.299 e. The average molecular weight is 428 g/mol. The lowest BCUT2D eigenvalue weighted by Crippen LogP contribution is -2.12. The number of nitro benzene ring substituents is 2. The fourth-order valence-electron chi connectivity index (χ4n) is 2.60. The molecule has 10 nitrogen and oxygen atoms in total. The lowest BCUT2D eigenvalue weighted by molar-refractivity contribution is -0.393. The monoisotopic (exact) mass is 428 g/mol. The first-order valence-electron chi connectivity index (χ1n) is 8.55. The van der Waals surface area contributed by atoms with Gasteiger partial charge in [0.15, 0.2) is 0 Å². The minimum absolute atomic E-state index is 0.0681. The summed E-state index contributed by atoms with van der Waals surface area (Å²) < 4.78 is 27.3. The van der Waals surface area contributed by atoms with Gasteiger partial charge in [-0.1, -0.05) is 17.7 Å². The first kappa shape index (κ1) is 20.7. The van der Waals surface area contributed by atoms with Crippen LogP contribution in [-0.4, -0.2) is 18.3 Å². The van der Waals surface area contributed by atoms with Gasteiger partial charge in [-0.05, 0) is 49.4 Å². The molecule has 3 aromatic carbocycles. The van der Waals surface area contributed by atoms with Crippen LogP contribution in [0, 0.1) is 27.2 Å². The molecule has 3 aromatic rings. The molecular weight excluding hydrogens is 412 g/mol. The Balaban J connectivity index is 1.79. The van der Waals surface area contributed by atoms with Crippen LogP contribution in [0.3, 0.4) is 0 Å². The number of non-ortho nitro benzene ring substituents is 1. The van der Waals surface area contributed by atoms with Crippen LogP contribution in [0.4, 0.5) is 28.4 Å². The number of nitrogens with zero attached hydrogens (tertiary/aromatic N) is 2. The fourth-order valence-corrected chi connectivity index (χ4v) is 3.66. The van der Waals surface area contributed by atoms with E-state index in [-0.39, 0.29) is 10.6 Å². The summed E-state index contributed by atoms with van der Waals surface area (Å²) in [6.45, 7) is 1.85. The van der Waals surface area contributed by atoms with Gasteiger partial charge in [0.25, 0.3) is 21.4 Å². The second kappa shape index (κ2) is 8.17. The zero-order valence-electron chi connectivity index (χ0n) is 15.6. The standard InChI is InChI=1S/C19H16N4O6S/c1-13-2-9-17(10-3-13)30(28,29)21-15-6-4-14(5-7-15)20-18-11-8-16(22(24)25)12-19(18)23(26)27/h2-12,20-21H,1H3. The molecule has 0 heterocycles. The van der Waals surface area contributed by atoms with Crippen LogP contribution < -0.4 is 10.0 Å². The predicted octanol–water partition coefficient (Wildman–Crippen LogP) is 4.36. The summed E-state index contributed by atoms with van der Waals surface area (Å²) in [5, 5.41) is 24.8. The third-order valence-corrected chi connectivity index (χ3v) is 5.53. The van der Waals surface area contributed by atoms with Crippen LogP contribution in [-0.2, 0) is 10.0 Å². The van der Waals surface area contributed by atoms with Crippen LogP contribution >= 0.6 is 0 Å². The number of rotatable bonds is 7. The number of nitro groups is 2. The van der Waals surface area contributed by atoms with Gasteiger partial charge in [0, 0.05) is 17.4 Å². The van der Waals surface area contributed by atoms with Crippen molar-refractivity contribution in [1.29, 1.82) is 0 Å². The molecule has 0 aromatic heterocycles. The number of nitrogens with one attached hydrogen (secondary N) is 2. The Hall–Kier alpha value is -3.99. The molecule has 2 N–H and O–H groups in total. The van der Waals surface area contributed by atoms with E-state index in [9.17, 15) is 28.6 Å². The number of anilines is 3. The van der Waals surface area contributed by atoms with Crippen molar-refractivity contribution in [2.24, 2.45) is 0 Å². The summed E-state index contributed by atoms with van der Waals surface area (Å²) >= 11 is 0. The van der Waals surface area contributed by atoms with E-state index in [0.29, 0.717) is 11.4 Å². The molecule has 0 saturated heterocycles. The van der Waals surface area contributed by atoms with Gasteiger partial charge in [0.2, 0.25) is 0 Å². The third kappa shape index (κ3) is 4.70. The van der Waals surface area contributed by atoms with Gasteiger partial charge in [0.05, 0.1) is 20.8 Å². The number of aryl methyl sites for hydroxylation is 1. The van der Waals surface area contributed by atoms with Crippen molar-refractivity contribution in [2.45, 2.75) is 11.8 Å². The Bertz CT molecular complexity index is 1210. The minimum Gasteiger partial charge on any atom is -0.350 e. The summed E-state index contributed by atoms with van der Waals surface area (Å²) in [4.78, 5) is 20.7. The molecule has 3 rings (SSSR count). The SMILES string of the molecule is Cc1ccc(S(=O)(=O)Nc2ccc(Nc3ccc([N+](=O)[O-])cc3[N+](=O)[O-])cc2)cc1. The molecular formula is C19H16N4O6S. The summed E-state index contributed by atoms with van der Waals surface area (Å²) in [6.07, 6.45) is 0. The minimum atomic E-state index is -3.76. The lowest BCUT2D eigenvalue weighted by atomic mass is 10.2. The van der Waals surface area contributed by atoms with Crippen molar-refractivity contribution in [1.82, 2.24) is 0 Å². The number of hydrogen-bond acceptors (Lipinski definition) is 7. The van der Waals surface area contributed by atoms with E-state index < -0.39 is 31.2 Å². The van der Waals surface area contributed by atoms with E-state index in [1.807, 2.05) is 6.92 Å². The van der Waals surface area contributed by atoms with Crippen LogP contribution in [0.25, 0.3) is 0 Å². The van der Waals surface area contributed by atoms with E-state index >= 15 is 0 Å². The Morgan fingerprint density at radius 2 is 1.40 bits per heavy atom. The third-order valence-electron chi connectivity index (χ3n) is 4.14. The topological polar surface area (TPSA) is 144 Å². The van der Waals surface area contributed by atoms with Crippen molar-refractivity contribution >= 4 is 38.5 Å². The van der Waals surface area contributed by atoms with Gasteiger partial charge in [-0.3, -0.25) is 25.0 Å². The van der Waals surface area contributed by atoms with Gasteiger partial charge >= 0.3 is 0 Å². The highest BCUT2D eigenvalue weighted by Crippen LogP contribution is 2.31. The first-order valence-corrected chi connectivity index (χ1v) is 10.0. The van der Waals surface area contributed by atoms with E-state index in [0.717, 1.165) is 17.7 Å². The predicted molar refractivity (Wildman–Crippen MR) is 111 cm³/mol. The Labute approximate surface area is 171 Å². The highest BCUT2D eigenvalue weighted by atomic mass is 32.2. The highest BCUT2D eigenvalue weighted by molar-refractivity contribution is 7.92. The maximum atomic E-state index is 12.4. The van der Waals surface area contributed by atoms with Gasteiger partial charge in [-0.25, -0.2) is 8.42 Å². The largest absolute Gasteiger partial charge is 0.350 e. The van der Waals surface area contributed by atoms with Gasteiger partial charge in [0.1, 0.15) is 5.69 Å². The average Bonchev–Trinajstić information content (AvgIpc) is 2.69. The van der Waals surface area contributed by atoms with Crippen LogP contribution in [0.1, 0.15) is 5.56 Å². The molecule has 0 radical (unpaired) electrons. The van der Waals surface area contributed by atoms with Crippen molar-refractivity contribution in [3.8, 4) is 0 Å².